The molecule has 2 fully saturated rings. The number of rotatable bonds is 5. The number of benzene rings is 2. The van der Waals surface area contributed by atoms with E-state index >= 15 is 0 Å². The summed E-state index contributed by atoms with van der Waals surface area (Å²) in [5, 5.41) is 13.3. The molecule has 2 heterocycles. The van der Waals surface area contributed by atoms with Gasteiger partial charge in [0.1, 0.15) is 0 Å². The van der Waals surface area contributed by atoms with E-state index in [1.807, 2.05) is 6.07 Å². The first-order chi connectivity index (χ1) is 14.9. The number of hydrogen-bond donors (Lipinski definition) is 2. The molecule has 2 amide bonds. The highest BCUT2D eigenvalue weighted by molar-refractivity contribution is 6.09. The molecular formula is C23H24N2O6. The smallest absolute Gasteiger partial charge is 0.331 e. The molecule has 0 unspecified atom stereocenters. The normalized spacial score (nSPS) is 27.3. The summed E-state index contributed by atoms with van der Waals surface area (Å²) in [6, 6.07) is 12.9. The van der Waals surface area contributed by atoms with Crippen molar-refractivity contribution in [3.05, 3.63) is 59.7 Å². The molecule has 0 radical (unpaired) electrons. The number of imide groups is 1. The van der Waals surface area contributed by atoms with Crippen molar-refractivity contribution in [2.24, 2.45) is 11.8 Å². The summed E-state index contributed by atoms with van der Waals surface area (Å²) in [5.41, 5.74) is -0.369. The number of fused-ring (bicyclic) bond motifs is 1. The number of ether oxygens (including phenoxy) is 2. The summed E-state index contributed by atoms with van der Waals surface area (Å²) in [5.74, 6) is -3.04. The van der Waals surface area contributed by atoms with Crippen LogP contribution in [-0.4, -0.2) is 48.6 Å². The zero-order valence-corrected chi connectivity index (χ0v) is 17.5. The first-order valence-corrected chi connectivity index (χ1v) is 10.1. The lowest BCUT2D eigenvalue weighted by Gasteiger charge is -2.33. The molecule has 0 aromatic heterocycles. The standard InChI is InChI=1S/C23H24N2O6/c1-4-31-22(29)23(14-8-6-5-7-9-14)18-17(20(27)25(2)21(18)28)19(24-23)13-10-11-15(26)16(12-13)30-3/h5-12,17-19,24,26H,4H2,1-3H3/t17-,18+,19-,23-/m1/s1. The Kier molecular flexibility index (Phi) is 5.18. The summed E-state index contributed by atoms with van der Waals surface area (Å²) >= 11 is 0. The van der Waals surface area contributed by atoms with Crippen molar-refractivity contribution in [1.82, 2.24) is 10.2 Å². The summed E-state index contributed by atoms with van der Waals surface area (Å²) in [6.45, 7) is 1.82. The van der Waals surface area contributed by atoms with Gasteiger partial charge in [-0.05, 0) is 30.2 Å². The first kappa shape index (κ1) is 20.9. The van der Waals surface area contributed by atoms with Crippen LogP contribution in [0.3, 0.4) is 0 Å². The van der Waals surface area contributed by atoms with E-state index in [2.05, 4.69) is 5.32 Å². The summed E-state index contributed by atoms with van der Waals surface area (Å²) < 4.78 is 10.6. The molecule has 2 aliphatic heterocycles. The molecule has 2 aliphatic rings. The molecule has 0 spiro atoms. The van der Waals surface area contributed by atoms with Gasteiger partial charge in [-0.1, -0.05) is 36.4 Å². The molecule has 4 atom stereocenters. The number of carbonyl (C=O) groups excluding carboxylic acids is 3. The average molecular weight is 424 g/mol. The van der Waals surface area contributed by atoms with Crippen LogP contribution in [0.4, 0.5) is 0 Å². The topological polar surface area (TPSA) is 105 Å². The monoisotopic (exact) mass is 424 g/mol. The number of hydrogen-bond acceptors (Lipinski definition) is 7. The largest absolute Gasteiger partial charge is 0.504 e. The fourth-order valence-corrected chi connectivity index (χ4v) is 4.74. The van der Waals surface area contributed by atoms with Gasteiger partial charge in [0.15, 0.2) is 17.0 Å². The van der Waals surface area contributed by atoms with Crippen molar-refractivity contribution >= 4 is 17.8 Å². The fourth-order valence-electron chi connectivity index (χ4n) is 4.74. The van der Waals surface area contributed by atoms with E-state index in [1.165, 1.54) is 20.2 Å². The van der Waals surface area contributed by atoms with Gasteiger partial charge in [-0.25, -0.2) is 4.79 Å². The van der Waals surface area contributed by atoms with E-state index in [4.69, 9.17) is 9.47 Å². The van der Waals surface area contributed by atoms with E-state index in [0.29, 0.717) is 11.1 Å². The molecule has 31 heavy (non-hydrogen) atoms. The Morgan fingerprint density at radius 3 is 2.52 bits per heavy atom. The lowest BCUT2D eigenvalue weighted by molar-refractivity contribution is -0.156. The zero-order chi connectivity index (χ0) is 22.3. The lowest BCUT2D eigenvalue weighted by atomic mass is 9.75. The molecule has 2 saturated heterocycles. The van der Waals surface area contributed by atoms with Crippen molar-refractivity contribution in [2.75, 3.05) is 20.8 Å². The maximum atomic E-state index is 13.4. The Labute approximate surface area is 179 Å². The quantitative estimate of drug-likeness (QED) is 0.556. The summed E-state index contributed by atoms with van der Waals surface area (Å²) in [6.07, 6.45) is 0. The fraction of sp³-hybridized carbons (Fsp3) is 0.348. The number of aromatic hydroxyl groups is 1. The molecule has 2 aromatic rings. The highest BCUT2D eigenvalue weighted by atomic mass is 16.5. The molecule has 162 valence electrons. The molecular weight excluding hydrogens is 400 g/mol. The van der Waals surface area contributed by atoms with Crippen LogP contribution < -0.4 is 10.1 Å². The second-order valence-electron chi connectivity index (χ2n) is 7.69. The number of phenols is 1. The van der Waals surface area contributed by atoms with Crippen molar-refractivity contribution in [2.45, 2.75) is 18.5 Å². The van der Waals surface area contributed by atoms with Crippen LogP contribution in [0.2, 0.25) is 0 Å². The molecule has 4 rings (SSSR count). The molecule has 0 bridgehead atoms. The van der Waals surface area contributed by atoms with E-state index < -0.39 is 35.3 Å². The number of phenolic OH excluding ortho intramolecular Hbond substituents is 1. The van der Waals surface area contributed by atoms with E-state index in [1.54, 1.807) is 43.3 Å². The van der Waals surface area contributed by atoms with E-state index in [9.17, 15) is 19.5 Å². The number of nitrogens with one attached hydrogen (secondary N) is 1. The lowest BCUT2D eigenvalue weighted by Crippen LogP contribution is -2.53. The minimum atomic E-state index is -1.53. The predicted octanol–water partition coefficient (Wildman–Crippen LogP) is 1.73. The SMILES string of the molecule is CCOC(=O)[C@]1(c2ccccc2)N[C@H](c2ccc(O)c(OC)c2)[C@@H]2C(=O)N(C)C(=O)[C@H]21. The van der Waals surface area contributed by atoms with Crippen LogP contribution in [0, 0.1) is 11.8 Å². The van der Waals surface area contributed by atoms with Crippen LogP contribution in [-0.2, 0) is 24.7 Å². The van der Waals surface area contributed by atoms with Crippen LogP contribution in [0.25, 0.3) is 0 Å². The van der Waals surface area contributed by atoms with E-state index in [-0.39, 0.29) is 24.0 Å². The van der Waals surface area contributed by atoms with Crippen LogP contribution in [0.15, 0.2) is 48.5 Å². The van der Waals surface area contributed by atoms with Gasteiger partial charge in [0.05, 0.1) is 25.6 Å². The first-order valence-electron chi connectivity index (χ1n) is 10.1. The Morgan fingerprint density at radius 1 is 1.16 bits per heavy atom. The molecule has 8 nitrogen and oxygen atoms in total. The zero-order valence-electron chi connectivity index (χ0n) is 17.5. The van der Waals surface area contributed by atoms with Crippen LogP contribution in [0.5, 0.6) is 11.5 Å². The molecule has 2 aromatic carbocycles. The van der Waals surface area contributed by atoms with Gasteiger partial charge in [-0.15, -0.1) is 0 Å². The predicted molar refractivity (Wildman–Crippen MR) is 110 cm³/mol. The van der Waals surface area contributed by atoms with Crippen LogP contribution >= 0.6 is 0 Å². The van der Waals surface area contributed by atoms with E-state index in [0.717, 1.165) is 4.90 Å². The van der Waals surface area contributed by atoms with Gasteiger partial charge in [0.2, 0.25) is 11.8 Å². The van der Waals surface area contributed by atoms with Crippen molar-refractivity contribution < 1.29 is 29.0 Å². The number of amides is 2. The Balaban J connectivity index is 1.93. The summed E-state index contributed by atoms with van der Waals surface area (Å²) in [7, 11) is 2.85. The van der Waals surface area contributed by atoms with Gasteiger partial charge in [-0.3, -0.25) is 19.8 Å². The summed E-state index contributed by atoms with van der Waals surface area (Å²) in [4.78, 5) is 40.8. The maximum absolute atomic E-state index is 13.4. The molecule has 2 N–H and O–H groups in total. The Morgan fingerprint density at radius 2 is 1.87 bits per heavy atom. The number of methoxy groups -OCH3 is 1. The molecule has 0 saturated carbocycles. The highest BCUT2D eigenvalue weighted by Crippen LogP contribution is 2.53. The minimum Gasteiger partial charge on any atom is -0.504 e. The third-order valence-corrected chi connectivity index (χ3v) is 6.17. The second kappa shape index (κ2) is 7.70. The van der Waals surface area contributed by atoms with Gasteiger partial charge in [0.25, 0.3) is 0 Å². The maximum Gasteiger partial charge on any atom is 0.331 e. The number of esters is 1. The number of nitrogens with zero attached hydrogens (tertiary/aromatic N) is 1. The Bertz CT molecular complexity index is 1040. The van der Waals surface area contributed by atoms with Gasteiger partial charge in [0, 0.05) is 13.1 Å². The highest BCUT2D eigenvalue weighted by Gasteiger charge is 2.69. The molecule has 8 heteroatoms. The van der Waals surface area contributed by atoms with Gasteiger partial charge >= 0.3 is 5.97 Å². The van der Waals surface area contributed by atoms with Crippen LogP contribution in [0.1, 0.15) is 24.1 Å². The second-order valence-corrected chi connectivity index (χ2v) is 7.69. The van der Waals surface area contributed by atoms with Crippen molar-refractivity contribution in [3.8, 4) is 11.5 Å². The molecule has 0 aliphatic carbocycles. The average Bonchev–Trinajstić information content (AvgIpc) is 3.25. The van der Waals surface area contributed by atoms with Gasteiger partial charge in [-0.2, -0.15) is 0 Å². The Hall–Kier alpha value is -3.39. The van der Waals surface area contributed by atoms with Crippen molar-refractivity contribution in [1.29, 1.82) is 0 Å². The number of carbonyl (C=O) groups is 3. The number of likely N-dealkylation sites (tertiary alicyclic amines) is 1. The minimum absolute atomic E-state index is 0.0496. The van der Waals surface area contributed by atoms with Crippen molar-refractivity contribution in [3.63, 3.8) is 0 Å². The van der Waals surface area contributed by atoms with Gasteiger partial charge < -0.3 is 14.6 Å². The third kappa shape index (κ3) is 2.97. The third-order valence-electron chi connectivity index (χ3n) is 6.17.